The number of nitrogens with zero attached hydrogens (tertiary/aromatic N) is 1. The Balaban J connectivity index is 1.43. The van der Waals surface area contributed by atoms with Crippen molar-refractivity contribution < 1.29 is 19.1 Å². The predicted octanol–water partition coefficient (Wildman–Crippen LogP) is 3.13. The first kappa shape index (κ1) is 20.7. The number of carbonyl (C=O) groups excluding carboxylic acids is 3. The van der Waals surface area contributed by atoms with Gasteiger partial charge in [0.25, 0.3) is 11.8 Å². The zero-order valence-corrected chi connectivity index (χ0v) is 17.1. The fourth-order valence-electron chi connectivity index (χ4n) is 3.61. The minimum Gasteiger partial charge on any atom is -0.479 e. The topological polar surface area (TPSA) is 87.7 Å². The van der Waals surface area contributed by atoms with Crippen LogP contribution in [0.4, 0.5) is 4.79 Å². The number of carbonyl (C=O) groups is 3. The molecular weight excluding hydrogens is 405 g/mol. The van der Waals surface area contributed by atoms with Crippen molar-refractivity contribution in [1.29, 1.82) is 0 Å². The Hall–Kier alpha value is -1.99. The SMILES string of the molecule is C[C@H](Oc1cccc(Cl)c1Cl)C(=O)NCCCN1C(=O)NC2(CCCC2)C1=O. The molecule has 7 nitrogen and oxygen atoms in total. The highest BCUT2D eigenvalue weighted by Crippen LogP contribution is 2.35. The molecule has 1 atom stereocenters. The van der Waals surface area contributed by atoms with Crippen molar-refractivity contribution in [1.82, 2.24) is 15.5 Å². The van der Waals surface area contributed by atoms with Gasteiger partial charge in [0.1, 0.15) is 16.3 Å². The summed E-state index contributed by atoms with van der Waals surface area (Å²) in [4.78, 5) is 38.1. The smallest absolute Gasteiger partial charge is 0.325 e. The third-order valence-electron chi connectivity index (χ3n) is 5.15. The fourth-order valence-corrected chi connectivity index (χ4v) is 3.94. The summed E-state index contributed by atoms with van der Waals surface area (Å²) in [6.07, 6.45) is 2.99. The zero-order chi connectivity index (χ0) is 20.3. The maximum Gasteiger partial charge on any atom is 0.325 e. The van der Waals surface area contributed by atoms with E-state index in [9.17, 15) is 14.4 Å². The maximum absolute atomic E-state index is 12.6. The molecule has 28 heavy (non-hydrogen) atoms. The number of ether oxygens (including phenoxy) is 1. The van der Waals surface area contributed by atoms with Crippen LogP contribution in [0, 0.1) is 0 Å². The van der Waals surface area contributed by atoms with Gasteiger partial charge in [-0.3, -0.25) is 14.5 Å². The van der Waals surface area contributed by atoms with Crippen molar-refractivity contribution in [3.05, 3.63) is 28.2 Å². The highest BCUT2D eigenvalue weighted by atomic mass is 35.5. The second-order valence-corrected chi connectivity index (χ2v) is 7.92. The summed E-state index contributed by atoms with van der Waals surface area (Å²) in [5, 5.41) is 6.18. The van der Waals surface area contributed by atoms with Crippen LogP contribution in [-0.4, -0.2) is 47.5 Å². The molecular formula is C19H23Cl2N3O4. The van der Waals surface area contributed by atoms with Gasteiger partial charge in [0.2, 0.25) is 0 Å². The van der Waals surface area contributed by atoms with E-state index in [2.05, 4.69) is 10.6 Å². The van der Waals surface area contributed by atoms with Gasteiger partial charge in [-0.05, 0) is 38.3 Å². The number of urea groups is 1. The van der Waals surface area contributed by atoms with Crippen molar-refractivity contribution in [2.24, 2.45) is 0 Å². The molecule has 1 spiro atoms. The van der Waals surface area contributed by atoms with Gasteiger partial charge in [-0.25, -0.2) is 4.79 Å². The van der Waals surface area contributed by atoms with E-state index in [-0.39, 0.29) is 29.4 Å². The van der Waals surface area contributed by atoms with E-state index in [1.807, 2.05) is 0 Å². The van der Waals surface area contributed by atoms with E-state index in [0.717, 1.165) is 12.8 Å². The van der Waals surface area contributed by atoms with Gasteiger partial charge in [0.15, 0.2) is 6.10 Å². The van der Waals surface area contributed by atoms with E-state index in [4.69, 9.17) is 27.9 Å². The molecule has 2 N–H and O–H groups in total. The van der Waals surface area contributed by atoms with E-state index < -0.39 is 11.6 Å². The number of halogens is 2. The second kappa shape index (κ2) is 8.57. The maximum atomic E-state index is 12.6. The minimum absolute atomic E-state index is 0.145. The third kappa shape index (κ3) is 4.20. The number of imide groups is 1. The van der Waals surface area contributed by atoms with Crippen molar-refractivity contribution >= 4 is 41.0 Å². The third-order valence-corrected chi connectivity index (χ3v) is 5.95. The van der Waals surface area contributed by atoms with Crippen LogP contribution in [0.2, 0.25) is 10.0 Å². The molecule has 1 aliphatic carbocycles. The van der Waals surface area contributed by atoms with Crippen molar-refractivity contribution in [2.45, 2.75) is 50.7 Å². The molecule has 2 aliphatic rings. The van der Waals surface area contributed by atoms with Gasteiger partial charge in [0.05, 0.1) is 5.02 Å². The molecule has 1 aromatic rings. The highest BCUT2D eigenvalue weighted by molar-refractivity contribution is 6.42. The quantitative estimate of drug-likeness (QED) is 0.516. The monoisotopic (exact) mass is 427 g/mol. The molecule has 1 saturated carbocycles. The molecule has 1 heterocycles. The van der Waals surface area contributed by atoms with Crippen LogP contribution >= 0.6 is 23.2 Å². The number of hydrogen-bond donors (Lipinski definition) is 2. The molecule has 0 unspecified atom stereocenters. The van der Waals surface area contributed by atoms with Crippen molar-refractivity contribution in [3.8, 4) is 5.75 Å². The lowest BCUT2D eigenvalue weighted by Gasteiger charge is -2.20. The predicted molar refractivity (Wildman–Crippen MR) is 106 cm³/mol. The van der Waals surface area contributed by atoms with Gasteiger partial charge in [-0.2, -0.15) is 0 Å². The number of hydrogen-bond acceptors (Lipinski definition) is 4. The Morgan fingerprint density at radius 1 is 1.32 bits per heavy atom. The first-order valence-corrected chi connectivity index (χ1v) is 10.1. The van der Waals surface area contributed by atoms with E-state index in [1.54, 1.807) is 25.1 Å². The molecule has 0 bridgehead atoms. The Bertz CT molecular complexity index is 780. The number of rotatable bonds is 7. The van der Waals surface area contributed by atoms with Gasteiger partial charge in [-0.15, -0.1) is 0 Å². The lowest BCUT2D eigenvalue weighted by Crippen LogP contribution is -2.44. The summed E-state index contributed by atoms with van der Waals surface area (Å²) in [6.45, 7) is 2.19. The first-order chi connectivity index (χ1) is 13.3. The van der Waals surface area contributed by atoms with Gasteiger partial charge in [-0.1, -0.05) is 42.1 Å². The molecule has 3 rings (SSSR count). The molecule has 1 saturated heterocycles. The first-order valence-electron chi connectivity index (χ1n) is 9.36. The Kier molecular flexibility index (Phi) is 6.35. The van der Waals surface area contributed by atoms with Gasteiger partial charge >= 0.3 is 6.03 Å². The molecule has 152 valence electrons. The van der Waals surface area contributed by atoms with Crippen LogP contribution < -0.4 is 15.4 Å². The lowest BCUT2D eigenvalue weighted by molar-refractivity contribution is -0.131. The fraction of sp³-hybridized carbons (Fsp3) is 0.526. The standard InChI is InChI=1S/C19H23Cl2N3O4/c1-12(28-14-7-4-6-13(20)15(14)21)16(25)22-10-5-11-24-17(26)19(23-18(24)27)8-2-3-9-19/h4,6-7,12H,2-3,5,8-11H2,1H3,(H,22,25)(H,23,27)/t12-/m0/s1. The average molecular weight is 428 g/mol. The largest absolute Gasteiger partial charge is 0.479 e. The Labute approximate surface area is 173 Å². The zero-order valence-electron chi connectivity index (χ0n) is 15.6. The molecule has 2 fully saturated rings. The summed E-state index contributed by atoms with van der Waals surface area (Å²) < 4.78 is 5.56. The summed E-state index contributed by atoms with van der Waals surface area (Å²) in [6, 6.07) is 4.61. The normalized spacial score (nSPS) is 19.0. The van der Waals surface area contributed by atoms with Crippen LogP contribution in [0.5, 0.6) is 5.75 Å². The average Bonchev–Trinajstić information content (AvgIpc) is 3.22. The summed E-state index contributed by atoms with van der Waals surface area (Å²) in [5.41, 5.74) is -0.696. The lowest BCUT2D eigenvalue weighted by atomic mass is 9.98. The molecule has 9 heteroatoms. The summed E-state index contributed by atoms with van der Waals surface area (Å²) >= 11 is 12.0. The summed E-state index contributed by atoms with van der Waals surface area (Å²) in [7, 11) is 0. The molecule has 1 aromatic carbocycles. The highest BCUT2D eigenvalue weighted by Gasteiger charge is 2.51. The molecule has 0 aromatic heterocycles. The second-order valence-electron chi connectivity index (χ2n) is 7.13. The van der Waals surface area contributed by atoms with Crippen molar-refractivity contribution in [2.75, 3.05) is 13.1 Å². The number of amides is 4. The molecule has 1 aliphatic heterocycles. The Morgan fingerprint density at radius 2 is 2.04 bits per heavy atom. The van der Waals surface area contributed by atoms with Crippen LogP contribution in [0.25, 0.3) is 0 Å². The minimum atomic E-state index is -0.769. The molecule has 4 amide bonds. The van der Waals surface area contributed by atoms with Gasteiger partial charge < -0.3 is 15.4 Å². The van der Waals surface area contributed by atoms with Crippen LogP contribution in [-0.2, 0) is 9.59 Å². The van der Waals surface area contributed by atoms with Gasteiger partial charge in [0, 0.05) is 13.1 Å². The molecule has 0 radical (unpaired) electrons. The van der Waals surface area contributed by atoms with Crippen LogP contribution in [0.1, 0.15) is 39.0 Å². The van der Waals surface area contributed by atoms with E-state index in [0.29, 0.717) is 36.6 Å². The Morgan fingerprint density at radius 3 is 2.75 bits per heavy atom. The number of nitrogens with one attached hydrogen (secondary N) is 2. The van der Waals surface area contributed by atoms with Crippen LogP contribution in [0.3, 0.4) is 0 Å². The van der Waals surface area contributed by atoms with Crippen molar-refractivity contribution in [3.63, 3.8) is 0 Å². The summed E-state index contributed by atoms with van der Waals surface area (Å²) in [5.74, 6) is -0.132. The van der Waals surface area contributed by atoms with E-state index in [1.165, 1.54) is 4.90 Å². The number of benzene rings is 1. The van der Waals surface area contributed by atoms with E-state index >= 15 is 0 Å². The van der Waals surface area contributed by atoms with Crippen LogP contribution in [0.15, 0.2) is 18.2 Å².